The molecule has 1 aliphatic heterocycles. The first-order valence-electron chi connectivity index (χ1n) is 4.06. The van der Waals surface area contributed by atoms with Gasteiger partial charge in [-0.15, -0.1) is 0 Å². The summed E-state index contributed by atoms with van der Waals surface area (Å²) >= 11 is 0. The van der Waals surface area contributed by atoms with Crippen molar-refractivity contribution in [3.05, 3.63) is 23.5 Å². The zero-order valence-corrected chi connectivity index (χ0v) is 6.84. The van der Waals surface area contributed by atoms with Crippen molar-refractivity contribution in [3.8, 4) is 0 Å². The summed E-state index contributed by atoms with van der Waals surface area (Å²) in [5.41, 5.74) is 1.46. The molecule has 1 heterocycles. The Kier molecular flexibility index (Phi) is 1.70. The zero-order chi connectivity index (χ0) is 7.68. The molecule has 0 bridgehead atoms. The molecule has 60 valence electrons. The maximum atomic E-state index is 5.51. The predicted octanol–water partition coefficient (Wildman–Crippen LogP) is 1.51. The van der Waals surface area contributed by atoms with Gasteiger partial charge < -0.3 is 4.74 Å². The molecule has 11 heavy (non-hydrogen) atoms. The molecule has 0 N–H and O–H groups in total. The lowest BCUT2D eigenvalue weighted by atomic mass is 10.0. The van der Waals surface area contributed by atoms with Gasteiger partial charge in [-0.3, -0.25) is 4.90 Å². The van der Waals surface area contributed by atoms with E-state index < -0.39 is 0 Å². The monoisotopic (exact) mass is 151 g/mol. The van der Waals surface area contributed by atoms with Gasteiger partial charge in [0.25, 0.3) is 0 Å². The molecule has 0 unspecified atom stereocenters. The number of allylic oxidation sites excluding steroid dienone is 2. The fraction of sp³-hybridized carbons (Fsp3) is 0.556. The molecular weight excluding hydrogens is 138 g/mol. The van der Waals surface area contributed by atoms with E-state index in [4.69, 9.17) is 4.74 Å². The van der Waals surface area contributed by atoms with Crippen molar-refractivity contribution in [2.24, 2.45) is 0 Å². The standard InChI is InChI=1S/C9H13NO/c1-10-6-8-4-2-3-5-9(8)11-7-10/h3,5H,2,4,6-7H2,1H3. The van der Waals surface area contributed by atoms with E-state index in [1.165, 1.54) is 18.4 Å². The molecule has 0 fully saturated rings. The van der Waals surface area contributed by atoms with Crippen LogP contribution in [0.2, 0.25) is 0 Å². The van der Waals surface area contributed by atoms with Gasteiger partial charge in [-0.1, -0.05) is 6.08 Å². The van der Waals surface area contributed by atoms with E-state index >= 15 is 0 Å². The number of hydrogen-bond donors (Lipinski definition) is 0. The van der Waals surface area contributed by atoms with E-state index in [-0.39, 0.29) is 0 Å². The van der Waals surface area contributed by atoms with Gasteiger partial charge in [0.05, 0.1) is 0 Å². The van der Waals surface area contributed by atoms with Crippen LogP contribution in [0.4, 0.5) is 0 Å². The normalized spacial score (nSPS) is 24.8. The summed E-state index contributed by atoms with van der Waals surface area (Å²) in [5, 5.41) is 0. The Bertz CT molecular complexity index is 218. The Morgan fingerprint density at radius 3 is 3.36 bits per heavy atom. The molecule has 2 heteroatoms. The van der Waals surface area contributed by atoms with Gasteiger partial charge in [0.1, 0.15) is 12.5 Å². The molecule has 0 aromatic rings. The molecule has 0 amide bonds. The van der Waals surface area contributed by atoms with E-state index in [1.54, 1.807) is 0 Å². The second-order valence-corrected chi connectivity index (χ2v) is 3.20. The molecule has 0 spiro atoms. The van der Waals surface area contributed by atoms with Crippen molar-refractivity contribution >= 4 is 0 Å². The van der Waals surface area contributed by atoms with Crippen LogP contribution in [-0.4, -0.2) is 25.2 Å². The summed E-state index contributed by atoms with van der Waals surface area (Å²) in [6, 6.07) is 0. The van der Waals surface area contributed by atoms with Crippen LogP contribution in [0.3, 0.4) is 0 Å². The molecular formula is C9H13NO. The van der Waals surface area contributed by atoms with E-state index in [1.807, 2.05) is 0 Å². The van der Waals surface area contributed by atoms with E-state index in [0.29, 0.717) is 0 Å². The number of rotatable bonds is 0. The molecule has 0 aromatic heterocycles. The van der Waals surface area contributed by atoms with Gasteiger partial charge in [-0.05, 0) is 31.5 Å². The summed E-state index contributed by atoms with van der Waals surface area (Å²) in [7, 11) is 2.09. The molecule has 2 rings (SSSR count). The van der Waals surface area contributed by atoms with Crippen LogP contribution < -0.4 is 0 Å². The Morgan fingerprint density at radius 1 is 1.55 bits per heavy atom. The Morgan fingerprint density at radius 2 is 2.45 bits per heavy atom. The second kappa shape index (κ2) is 2.70. The van der Waals surface area contributed by atoms with Crippen LogP contribution >= 0.6 is 0 Å². The van der Waals surface area contributed by atoms with Crippen LogP contribution in [0, 0.1) is 0 Å². The summed E-state index contributed by atoms with van der Waals surface area (Å²) < 4.78 is 5.51. The SMILES string of the molecule is CN1COC2=C(CCC=C2)C1. The Labute approximate surface area is 67.1 Å². The summed E-state index contributed by atoms with van der Waals surface area (Å²) in [6.45, 7) is 1.82. The molecule has 0 aromatic carbocycles. The zero-order valence-electron chi connectivity index (χ0n) is 6.84. The molecule has 2 nitrogen and oxygen atoms in total. The molecule has 1 aliphatic carbocycles. The van der Waals surface area contributed by atoms with Gasteiger partial charge in [-0.2, -0.15) is 0 Å². The van der Waals surface area contributed by atoms with Gasteiger partial charge >= 0.3 is 0 Å². The number of nitrogens with zero attached hydrogens (tertiary/aromatic N) is 1. The average molecular weight is 151 g/mol. The van der Waals surface area contributed by atoms with Gasteiger partial charge in [-0.25, -0.2) is 0 Å². The van der Waals surface area contributed by atoms with Crippen molar-refractivity contribution in [1.29, 1.82) is 0 Å². The number of likely N-dealkylation sites (N-methyl/N-ethyl adjacent to an activating group) is 1. The van der Waals surface area contributed by atoms with Crippen molar-refractivity contribution in [3.63, 3.8) is 0 Å². The third-order valence-electron chi connectivity index (χ3n) is 2.13. The highest BCUT2D eigenvalue weighted by Crippen LogP contribution is 2.23. The van der Waals surface area contributed by atoms with E-state index in [9.17, 15) is 0 Å². The average Bonchev–Trinajstić information content (AvgIpc) is 2.04. The van der Waals surface area contributed by atoms with Crippen molar-refractivity contribution in [1.82, 2.24) is 4.90 Å². The molecule has 0 saturated carbocycles. The van der Waals surface area contributed by atoms with Crippen molar-refractivity contribution in [2.45, 2.75) is 12.8 Å². The van der Waals surface area contributed by atoms with Gasteiger partial charge in [0, 0.05) is 6.54 Å². The smallest absolute Gasteiger partial charge is 0.142 e. The van der Waals surface area contributed by atoms with Crippen molar-refractivity contribution in [2.75, 3.05) is 20.3 Å². The van der Waals surface area contributed by atoms with Crippen molar-refractivity contribution < 1.29 is 4.74 Å². The first-order chi connectivity index (χ1) is 5.36. The Balaban J connectivity index is 2.19. The third kappa shape index (κ3) is 1.31. The summed E-state index contributed by atoms with van der Waals surface area (Å²) in [4.78, 5) is 2.19. The third-order valence-corrected chi connectivity index (χ3v) is 2.13. The second-order valence-electron chi connectivity index (χ2n) is 3.20. The highest BCUT2D eigenvalue weighted by molar-refractivity contribution is 5.26. The number of ether oxygens (including phenoxy) is 1. The van der Waals surface area contributed by atoms with Crippen LogP contribution in [0.15, 0.2) is 23.5 Å². The van der Waals surface area contributed by atoms with Crippen LogP contribution in [-0.2, 0) is 4.74 Å². The van der Waals surface area contributed by atoms with Gasteiger partial charge in [0.15, 0.2) is 0 Å². The number of hydrogen-bond acceptors (Lipinski definition) is 2. The molecule has 0 radical (unpaired) electrons. The quantitative estimate of drug-likeness (QED) is 0.520. The minimum Gasteiger partial charge on any atom is -0.478 e. The lowest BCUT2D eigenvalue weighted by molar-refractivity contribution is 0.0796. The lowest BCUT2D eigenvalue weighted by Crippen LogP contribution is -2.29. The lowest BCUT2D eigenvalue weighted by Gasteiger charge is -2.28. The minimum atomic E-state index is 0.739. The first kappa shape index (κ1) is 6.92. The Hall–Kier alpha value is -0.760. The fourth-order valence-electron chi connectivity index (χ4n) is 1.55. The minimum absolute atomic E-state index is 0.739. The maximum Gasteiger partial charge on any atom is 0.142 e. The molecule has 2 aliphatic rings. The first-order valence-corrected chi connectivity index (χ1v) is 4.06. The summed E-state index contributed by atoms with van der Waals surface area (Å²) in [6.07, 6.45) is 6.64. The van der Waals surface area contributed by atoms with E-state index in [0.717, 1.165) is 19.0 Å². The van der Waals surface area contributed by atoms with Gasteiger partial charge in [0.2, 0.25) is 0 Å². The largest absolute Gasteiger partial charge is 0.478 e. The fourth-order valence-corrected chi connectivity index (χ4v) is 1.55. The maximum absolute atomic E-state index is 5.51. The highest BCUT2D eigenvalue weighted by Gasteiger charge is 2.16. The highest BCUT2D eigenvalue weighted by atomic mass is 16.5. The van der Waals surface area contributed by atoms with E-state index in [2.05, 4.69) is 24.1 Å². The van der Waals surface area contributed by atoms with Crippen LogP contribution in [0.1, 0.15) is 12.8 Å². The summed E-state index contributed by atoms with van der Waals surface area (Å²) in [5.74, 6) is 1.12. The van der Waals surface area contributed by atoms with Crippen LogP contribution in [0.5, 0.6) is 0 Å². The topological polar surface area (TPSA) is 12.5 Å². The molecule has 0 atom stereocenters. The predicted molar refractivity (Wildman–Crippen MR) is 44.0 cm³/mol. The van der Waals surface area contributed by atoms with Crippen LogP contribution in [0.25, 0.3) is 0 Å². The molecule has 0 saturated heterocycles.